The Labute approximate surface area is 180 Å². The zero-order chi connectivity index (χ0) is 21.4. The van der Waals surface area contributed by atoms with Crippen LogP contribution >= 0.6 is 0 Å². The standard InChI is InChI=1S/C25H47N3O/c1-5-7-8-9-10-11-12-13-14-15-16-17-18-19-20-25-26-21-22-28(25,6-2)23(3)27-24(4)29/h19-23,25-26H,5-18H2,1-4H3/p+1/b20-19+. The smallest absolute Gasteiger partial charge is 0.221 e. The van der Waals surface area contributed by atoms with E-state index in [2.05, 4.69) is 49.8 Å². The van der Waals surface area contributed by atoms with Gasteiger partial charge in [0, 0.05) is 13.8 Å². The molecule has 1 rings (SSSR count). The van der Waals surface area contributed by atoms with E-state index in [4.69, 9.17) is 0 Å². The van der Waals surface area contributed by atoms with E-state index in [0.29, 0.717) is 0 Å². The largest absolute Gasteiger partial charge is 0.334 e. The Bertz CT molecular complexity index is 488. The summed E-state index contributed by atoms with van der Waals surface area (Å²) in [6.07, 6.45) is 27.0. The predicted octanol–water partition coefficient (Wildman–Crippen LogP) is 6.35. The second-order valence-electron chi connectivity index (χ2n) is 8.72. The third-order valence-electron chi connectivity index (χ3n) is 6.36. The molecule has 0 bridgehead atoms. The first-order valence-corrected chi connectivity index (χ1v) is 12.3. The molecule has 168 valence electrons. The Morgan fingerprint density at radius 2 is 1.55 bits per heavy atom. The Kier molecular flexibility index (Phi) is 13.8. The zero-order valence-corrected chi connectivity index (χ0v) is 19.7. The fourth-order valence-corrected chi connectivity index (χ4v) is 4.42. The van der Waals surface area contributed by atoms with Gasteiger partial charge in [-0.25, -0.2) is 0 Å². The van der Waals surface area contributed by atoms with Gasteiger partial charge in [-0.05, 0) is 25.8 Å². The van der Waals surface area contributed by atoms with Crippen molar-refractivity contribution in [3.63, 3.8) is 0 Å². The third kappa shape index (κ3) is 9.84. The van der Waals surface area contributed by atoms with Crippen molar-refractivity contribution in [1.29, 1.82) is 0 Å². The average molecular weight is 407 g/mol. The molecule has 0 saturated carbocycles. The molecule has 0 aliphatic carbocycles. The molecule has 1 heterocycles. The highest BCUT2D eigenvalue weighted by Gasteiger charge is 2.40. The summed E-state index contributed by atoms with van der Waals surface area (Å²) < 4.78 is 0.731. The molecule has 29 heavy (non-hydrogen) atoms. The van der Waals surface area contributed by atoms with Crippen LogP contribution in [0.4, 0.5) is 0 Å². The second kappa shape index (κ2) is 15.5. The van der Waals surface area contributed by atoms with Crippen LogP contribution in [0.25, 0.3) is 0 Å². The molecule has 0 aromatic heterocycles. The van der Waals surface area contributed by atoms with Gasteiger partial charge in [-0.1, -0.05) is 83.6 Å². The van der Waals surface area contributed by atoms with Gasteiger partial charge in [0.2, 0.25) is 5.91 Å². The monoisotopic (exact) mass is 406 g/mol. The van der Waals surface area contributed by atoms with E-state index in [1.54, 1.807) is 6.92 Å². The fourth-order valence-electron chi connectivity index (χ4n) is 4.42. The first kappa shape index (κ1) is 25.7. The number of hydrogen-bond acceptors (Lipinski definition) is 2. The van der Waals surface area contributed by atoms with Crippen LogP contribution < -0.4 is 10.6 Å². The van der Waals surface area contributed by atoms with Crippen molar-refractivity contribution in [2.24, 2.45) is 0 Å². The van der Waals surface area contributed by atoms with Crippen molar-refractivity contribution >= 4 is 5.91 Å². The molecule has 1 aliphatic heterocycles. The Balaban J connectivity index is 2.12. The van der Waals surface area contributed by atoms with E-state index in [-0.39, 0.29) is 18.2 Å². The molecular formula is C25H48N3O+. The Morgan fingerprint density at radius 3 is 2.07 bits per heavy atom. The summed E-state index contributed by atoms with van der Waals surface area (Å²) in [5, 5.41) is 6.52. The molecule has 1 amide bonds. The zero-order valence-electron chi connectivity index (χ0n) is 19.7. The summed E-state index contributed by atoms with van der Waals surface area (Å²) in [5.41, 5.74) is 0. The van der Waals surface area contributed by atoms with Gasteiger partial charge in [0.15, 0.2) is 12.3 Å². The highest BCUT2D eigenvalue weighted by atomic mass is 16.1. The molecule has 0 saturated heterocycles. The second-order valence-corrected chi connectivity index (χ2v) is 8.72. The van der Waals surface area contributed by atoms with Crippen molar-refractivity contribution in [3.8, 4) is 0 Å². The molecule has 1 aliphatic rings. The molecule has 0 aromatic rings. The lowest BCUT2D eigenvalue weighted by Crippen LogP contribution is -2.62. The van der Waals surface area contributed by atoms with Crippen molar-refractivity contribution in [1.82, 2.24) is 10.6 Å². The molecular weight excluding hydrogens is 358 g/mol. The van der Waals surface area contributed by atoms with E-state index in [0.717, 1.165) is 17.4 Å². The molecule has 4 nitrogen and oxygen atoms in total. The predicted molar refractivity (Wildman–Crippen MR) is 125 cm³/mol. The molecule has 0 fully saturated rings. The summed E-state index contributed by atoms with van der Waals surface area (Å²) in [6, 6.07) is 0. The molecule has 0 radical (unpaired) electrons. The lowest BCUT2D eigenvalue weighted by atomic mass is 10.0. The van der Waals surface area contributed by atoms with Gasteiger partial charge in [0.25, 0.3) is 0 Å². The van der Waals surface area contributed by atoms with E-state index in [1.165, 1.54) is 77.0 Å². The number of carbonyl (C=O) groups excluding carboxylic acids is 1. The van der Waals surface area contributed by atoms with Crippen molar-refractivity contribution in [2.45, 2.75) is 123 Å². The van der Waals surface area contributed by atoms with Crippen LogP contribution in [0.5, 0.6) is 0 Å². The first-order valence-electron chi connectivity index (χ1n) is 12.3. The molecule has 4 heteroatoms. The fraction of sp³-hybridized carbons (Fsp3) is 0.800. The summed E-state index contributed by atoms with van der Waals surface area (Å²) in [7, 11) is 0. The van der Waals surface area contributed by atoms with Gasteiger partial charge in [-0.2, -0.15) is 0 Å². The van der Waals surface area contributed by atoms with Crippen molar-refractivity contribution in [3.05, 3.63) is 24.6 Å². The van der Waals surface area contributed by atoms with Crippen LogP contribution in [0.3, 0.4) is 0 Å². The Hall–Kier alpha value is -1.29. The summed E-state index contributed by atoms with van der Waals surface area (Å²) >= 11 is 0. The molecule has 0 aromatic carbocycles. The maximum absolute atomic E-state index is 11.5. The van der Waals surface area contributed by atoms with Gasteiger partial charge in [-0.15, -0.1) is 0 Å². The van der Waals surface area contributed by atoms with Crippen LogP contribution in [0.2, 0.25) is 0 Å². The van der Waals surface area contributed by atoms with Crippen LogP contribution in [0, 0.1) is 0 Å². The van der Waals surface area contributed by atoms with E-state index >= 15 is 0 Å². The summed E-state index contributed by atoms with van der Waals surface area (Å²) in [6.45, 7) is 9.09. The topological polar surface area (TPSA) is 41.1 Å². The van der Waals surface area contributed by atoms with Gasteiger partial charge in [0.1, 0.15) is 6.20 Å². The van der Waals surface area contributed by atoms with Gasteiger partial charge in [-0.3, -0.25) is 9.28 Å². The number of allylic oxidation sites excluding steroid dienone is 1. The minimum absolute atomic E-state index is 0.0305. The molecule has 2 N–H and O–H groups in total. The number of unbranched alkanes of at least 4 members (excludes halogenated alkanes) is 12. The van der Waals surface area contributed by atoms with Gasteiger partial charge >= 0.3 is 0 Å². The summed E-state index contributed by atoms with van der Waals surface area (Å²) in [5.74, 6) is 0.0305. The van der Waals surface area contributed by atoms with E-state index in [1.807, 2.05) is 6.20 Å². The first-order chi connectivity index (χ1) is 14.1. The lowest BCUT2D eigenvalue weighted by Gasteiger charge is -2.40. The number of nitrogens with zero attached hydrogens (tertiary/aromatic N) is 1. The maximum atomic E-state index is 11.5. The minimum atomic E-state index is 0.0305. The number of hydrogen-bond donors (Lipinski definition) is 2. The van der Waals surface area contributed by atoms with Gasteiger partial charge in [0.05, 0.1) is 12.7 Å². The number of rotatable bonds is 17. The van der Waals surface area contributed by atoms with Crippen LogP contribution in [-0.4, -0.2) is 29.3 Å². The van der Waals surface area contributed by atoms with Gasteiger partial charge < -0.3 is 10.6 Å². The van der Waals surface area contributed by atoms with E-state index in [9.17, 15) is 4.79 Å². The lowest BCUT2D eigenvalue weighted by molar-refractivity contribution is -0.917. The number of amides is 1. The highest BCUT2D eigenvalue weighted by Crippen LogP contribution is 2.23. The van der Waals surface area contributed by atoms with Crippen molar-refractivity contribution < 1.29 is 9.28 Å². The number of quaternary nitrogens is 1. The van der Waals surface area contributed by atoms with Crippen LogP contribution in [-0.2, 0) is 4.79 Å². The number of likely N-dealkylation sites (N-methyl/N-ethyl adjacent to an activating group) is 1. The number of nitrogens with one attached hydrogen (secondary N) is 2. The van der Waals surface area contributed by atoms with E-state index < -0.39 is 0 Å². The average Bonchev–Trinajstić information content (AvgIpc) is 3.12. The molecule has 0 spiro atoms. The van der Waals surface area contributed by atoms with Crippen molar-refractivity contribution in [2.75, 3.05) is 6.54 Å². The SMILES string of the molecule is CCCCCCCCCCCCCC/C=C/C1NC=C[N+]1(CC)C(C)NC(C)=O. The molecule has 3 atom stereocenters. The third-order valence-corrected chi connectivity index (χ3v) is 6.36. The highest BCUT2D eigenvalue weighted by molar-refractivity contribution is 5.72. The Morgan fingerprint density at radius 1 is 1.00 bits per heavy atom. The number of carbonyl (C=O) groups is 1. The van der Waals surface area contributed by atoms with Crippen LogP contribution in [0.15, 0.2) is 24.6 Å². The minimum Gasteiger partial charge on any atom is -0.334 e. The quantitative estimate of drug-likeness (QED) is 0.168. The van der Waals surface area contributed by atoms with Crippen LogP contribution in [0.1, 0.15) is 111 Å². The summed E-state index contributed by atoms with van der Waals surface area (Å²) in [4.78, 5) is 11.5. The maximum Gasteiger partial charge on any atom is 0.221 e. The normalized spacial score (nSPS) is 22.1. The molecule has 3 unspecified atom stereocenters.